The van der Waals surface area contributed by atoms with E-state index in [0.717, 1.165) is 35.7 Å². The van der Waals surface area contributed by atoms with E-state index in [1.54, 1.807) is 0 Å². The predicted molar refractivity (Wildman–Crippen MR) is 153 cm³/mol. The summed E-state index contributed by atoms with van der Waals surface area (Å²) in [4.78, 5) is 2.11. The first kappa shape index (κ1) is 33.2. The summed E-state index contributed by atoms with van der Waals surface area (Å²) in [6.45, 7) is 4.94. The van der Waals surface area contributed by atoms with Crippen molar-refractivity contribution in [2.75, 3.05) is 17.2 Å². The molecular weight excluding hydrogens is 505 g/mol. The SMILES string of the molecule is CCCCCCCCc1ccc2c(c1)Oc1cc(CCCCCCCC)ccc1N2CCCS(=O)(=O)[O-].[Na+]. The number of nitrogens with zero attached hydrogens (tertiary/aromatic N) is 1. The molecule has 2 aromatic carbocycles. The molecule has 0 atom stereocenters. The molecule has 3 rings (SSSR count). The number of aryl methyl sites for hydroxylation is 2. The molecule has 5 nitrogen and oxygen atoms in total. The van der Waals surface area contributed by atoms with Crippen LogP contribution < -0.4 is 39.2 Å². The van der Waals surface area contributed by atoms with E-state index in [-0.39, 0.29) is 41.7 Å². The molecule has 1 heterocycles. The van der Waals surface area contributed by atoms with E-state index < -0.39 is 10.1 Å². The monoisotopic (exact) mass is 551 g/mol. The molecule has 0 radical (unpaired) electrons. The van der Waals surface area contributed by atoms with Gasteiger partial charge in [-0.1, -0.05) is 90.2 Å². The molecule has 0 amide bonds. The fourth-order valence-corrected chi connectivity index (χ4v) is 5.63. The van der Waals surface area contributed by atoms with Crippen molar-refractivity contribution in [2.24, 2.45) is 0 Å². The first-order valence-electron chi connectivity index (χ1n) is 14.6. The van der Waals surface area contributed by atoms with Gasteiger partial charge in [0.05, 0.1) is 21.5 Å². The fraction of sp³-hybridized carbons (Fsp3) is 0.613. The summed E-state index contributed by atoms with van der Waals surface area (Å²) in [6, 6.07) is 12.8. The summed E-state index contributed by atoms with van der Waals surface area (Å²) in [5, 5.41) is 0. The Kier molecular flexibility index (Phi) is 15.4. The third-order valence-electron chi connectivity index (χ3n) is 7.26. The van der Waals surface area contributed by atoms with Crippen molar-refractivity contribution in [1.29, 1.82) is 0 Å². The van der Waals surface area contributed by atoms with Gasteiger partial charge in [0.15, 0.2) is 11.5 Å². The average molecular weight is 552 g/mol. The zero-order valence-corrected chi connectivity index (χ0v) is 26.8. The summed E-state index contributed by atoms with van der Waals surface area (Å²) < 4.78 is 40.1. The van der Waals surface area contributed by atoms with Crippen LogP contribution in [0.2, 0.25) is 0 Å². The van der Waals surface area contributed by atoms with Gasteiger partial charge < -0.3 is 14.2 Å². The van der Waals surface area contributed by atoms with Crippen LogP contribution in [-0.2, 0) is 23.0 Å². The number of anilines is 2. The molecule has 1 aliphatic heterocycles. The molecule has 0 spiro atoms. The molecule has 0 unspecified atom stereocenters. The van der Waals surface area contributed by atoms with Gasteiger partial charge in [0.25, 0.3) is 0 Å². The summed E-state index contributed by atoms with van der Waals surface area (Å²) in [5.41, 5.74) is 4.41. The Morgan fingerprint density at radius 2 is 1.13 bits per heavy atom. The Morgan fingerprint density at radius 1 is 0.684 bits per heavy atom. The van der Waals surface area contributed by atoms with E-state index in [4.69, 9.17) is 4.74 Å². The maximum atomic E-state index is 11.2. The van der Waals surface area contributed by atoms with E-state index in [1.165, 1.54) is 88.2 Å². The Bertz CT molecular complexity index is 1010. The first-order chi connectivity index (χ1) is 17.9. The topological polar surface area (TPSA) is 69.7 Å². The molecule has 0 aromatic heterocycles. The van der Waals surface area contributed by atoms with Crippen LogP contribution in [0.5, 0.6) is 11.5 Å². The molecule has 7 heteroatoms. The van der Waals surface area contributed by atoms with Crippen LogP contribution in [0, 0.1) is 0 Å². The van der Waals surface area contributed by atoms with Gasteiger partial charge in [-0.05, 0) is 67.5 Å². The van der Waals surface area contributed by atoms with Crippen molar-refractivity contribution in [3.63, 3.8) is 0 Å². The third-order valence-corrected chi connectivity index (χ3v) is 8.05. The Morgan fingerprint density at radius 3 is 1.58 bits per heavy atom. The minimum atomic E-state index is -4.24. The number of rotatable bonds is 18. The molecular formula is C31H46NNaO4S. The second-order valence-corrected chi connectivity index (χ2v) is 12.0. The van der Waals surface area contributed by atoms with Gasteiger partial charge in [0.1, 0.15) is 0 Å². The standard InChI is InChI=1S/C31H47NO4S.Na/c1-3-5-7-9-11-13-16-26-18-20-28-30(24-26)36-31-25-27(17-14-12-10-8-6-4-2)19-21-29(31)32(28)22-15-23-37(33,34)35;/h18-21,24-25H,3-17,22-23H2,1-2H3,(H,33,34,35);/q;+1/p-1. The number of ether oxygens (including phenoxy) is 1. The minimum Gasteiger partial charge on any atom is -0.748 e. The van der Waals surface area contributed by atoms with Crippen molar-refractivity contribution in [2.45, 2.75) is 110 Å². The molecule has 1 aliphatic rings. The van der Waals surface area contributed by atoms with Gasteiger partial charge in [-0.25, -0.2) is 8.42 Å². The van der Waals surface area contributed by atoms with Crippen LogP contribution in [0.4, 0.5) is 11.4 Å². The Labute approximate surface area is 253 Å². The van der Waals surface area contributed by atoms with Crippen LogP contribution in [0.25, 0.3) is 0 Å². The van der Waals surface area contributed by atoms with Gasteiger partial charge in [0.2, 0.25) is 0 Å². The molecule has 0 bridgehead atoms. The van der Waals surface area contributed by atoms with Crippen molar-refractivity contribution < 1.29 is 47.3 Å². The van der Waals surface area contributed by atoms with Gasteiger partial charge >= 0.3 is 29.6 Å². The van der Waals surface area contributed by atoms with E-state index in [1.807, 2.05) is 0 Å². The van der Waals surface area contributed by atoms with E-state index >= 15 is 0 Å². The van der Waals surface area contributed by atoms with Crippen molar-refractivity contribution in [3.05, 3.63) is 47.5 Å². The Balaban J connectivity index is 0.00000507. The smallest absolute Gasteiger partial charge is 0.748 e. The van der Waals surface area contributed by atoms with Gasteiger partial charge in [-0.15, -0.1) is 0 Å². The summed E-state index contributed by atoms with van der Waals surface area (Å²) in [5.74, 6) is 1.27. The molecule has 0 fully saturated rings. The quantitative estimate of drug-likeness (QED) is 0.136. The molecule has 0 saturated carbocycles. The molecule has 38 heavy (non-hydrogen) atoms. The van der Waals surface area contributed by atoms with E-state index in [9.17, 15) is 13.0 Å². The number of hydrogen-bond acceptors (Lipinski definition) is 5. The zero-order chi connectivity index (χ0) is 26.5. The summed E-state index contributed by atoms with van der Waals surface area (Å²) in [7, 11) is -4.24. The van der Waals surface area contributed by atoms with Gasteiger partial charge in [-0.2, -0.15) is 0 Å². The summed E-state index contributed by atoms with van der Waals surface area (Å²) >= 11 is 0. The zero-order valence-electron chi connectivity index (χ0n) is 24.0. The molecule has 2 aromatic rings. The van der Waals surface area contributed by atoms with Crippen LogP contribution >= 0.6 is 0 Å². The van der Waals surface area contributed by atoms with Crippen LogP contribution in [-0.4, -0.2) is 25.3 Å². The van der Waals surface area contributed by atoms with Crippen molar-refractivity contribution in [1.82, 2.24) is 0 Å². The second-order valence-electron chi connectivity index (χ2n) is 10.5. The van der Waals surface area contributed by atoms with Crippen molar-refractivity contribution in [3.8, 4) is 11.5 Å². The third kappa shape index (κ3) is 11.2. The van der Waals surface area contributed by atoms with Crippen LogP contribution in [0.1, 0.15) is 108 Å². The number of unbranched alkanes of at least 4 members (excludes halogenated alkanes) is 10. The normalized spacial score (nSPS) is 12.4. The number of benzene rings is 2. The molecule has 0 aliphatic carbocycles. The average Bonchev–Trinajstić information content (AvgIpc) is 2.87. The van der Waals surface area contributed by atoms with Crippen LogP contribution in [0.3, 0.4) is 0 Å². The van der Waals surface area contributed by atoms with E-state index in [2.05, 4.69) is 55.1 Å². The molecule has 0 saturated heterocycles. The second kappa shape index (κ2) is 17.6. The predicted octanol–water partition coefficient (Wildman–Crippen LogP) is 5.68. The minimum absolute atomic E-state index is 0. The first-order valence-corrected chi connectivity index (χ1v) is 16.1. The molecule has 206 valence electrons. The van der Waals surface area contributed by atoms with Gasteiger partial charge in [-0.3, -0.25) is 0 Å². The number of hydrogen-bond donors (Lipinski definition) is 0. The maximum absolute atomic E-state index is 11.2. The largest absolute Gasteiger partial charge is 1.00 e. The number of fused-ring (bicyclic) bond motifs is 2. The summed E-state index contributed by atoms with van der Waals surface area (Å²) in [6.07, 6.45) is 17.6. The van der Waals surface area contributed by atoms with E-state index in [0.29, 0.717) is 6.54 Å². The van der Waals surface area contributed by atoms with Crippen LogP contribution in [0.15, 0.2) is 36.4 Å². The Hall–Kier alpha value is -1.05. The maximum Gasteiger partial charge on any atom is 1.00 e. The van der Waals surface area contributed by atoms with Gasteiger partial charge in [0, 0.05) is 12.3 Å². The molecule has 0 N–H and O–H groups in total. The van der Waals surface area contributed by atoms with Crippen molar-refractivity contribution >= 4 is 21.5 Å². The fourth-order valence-electron chi connectivity index (χ4n) is 5.15.